The molecule has 0 aliphatic carbocycles. The summed E-state index contributed by atoms with van der Waals surface area (Å²) in [4.78, 5) is 13.7. The summed E-state index contributed by atoms with van der Waals surface area (Å²) in [6.45, 7) is 2.57. The largest absolute Gasteiger partial charge is 0.340 e. The Kier molecular flexibility index (Phi) is 4.16. The molecule has 2 aliphatic rings. The SMILES string of the molecule is Cl.N[C@@H]1CCN(C(=O)C2CCCN2)C1. The lowest BCUT2D eigenvalue weighted by molar-refractivity contribution is -0.132. The Bertz CT molecular complexity index is 206. The number of likely N-dealkylation sites (tertiary alicyclic amines) is 1. The van der Waals surface area contributed by atoms with Gasteiger partial charge in [-0.15, -0.1) is 12.4 Å². The molecule has 2 rings (SSSR count). The van der Waals surface area contributed by atoms with Crippen LogP contribution >= 0.6 is 12.4 Å². The Morgan fingerprint density at radius 1 is 1.43 bits per heavy atom. The van der Waals surface area contributed by atoms with E-state index in [2.05, 4.69) is 5.32 Å². The Hall–Kier alpha value is -0.320. The molecule has 2 heterocycles. The zero-order chi connectivity index (χ0) is 9.26. The smallest absolute Gasteiger partial charge is 0.239 e. The minimum Gasteiger partial charge on any atom is -0.340 e. The number of hydrogen-bond donors (Lipinski definition) is 2. The lowest BCUT2D eigenvalue weighted by atomic mass is 10.2. The summed E-state index contributed by atoms with van der Waals surface area (Å²) >= 11 is 0. The molecule has 0 aromatic carbocycles. The molecule has 0 saturated carbocycles. The summed E-state index contributed by atoms with van der Waals surface area (Å²) in [6.07, 6.45) is 3.07. The summed E-state index contributed by atoms with van der Waals surface area (Å²) in [5.41, 5.74) is 5.75. The van der Waals surface area contributed by atoms with Crippen molar-refractivity contribution in [3.63, 3.8) is 0 Å². The molecule has 0 aromatic heterocycles. The second-order valence-electron chi connectivity index (χ2n) is 3.98. The number of halogens is 1. The van der Waals surface area contributed by atoms with Gasteiger partial charge in [-0.2, -0.15) is 0 Å². The first-order valence-electron chi connectivity index (χ1n) is 5.05. The minimum atomic E-state index is 0. The number of nitrogens with one attached hydrogen (secondary N) is 1. The number of rotatable bonds is 1. The van der Waals surface area contributed by atoms with Gasteiger partial charge in [-0.25, -0.2) is 0 Å². The predicted octanol–water partition coefficient (Wildman–Crippen LogP) is -0.280. The van der Waals surface area contributed by atoms with Crippen molar-refractivity contribution in [1.29, 1.82) is 0 Å². The second kappa shape index (κ2) is 4.96. The van der Waals surface area contributed by atoms with Crippen LogP contribution < -0.4 is 11.1 Å². The van der Waals surface area contributed by atoms with Crippen LogP contribution in [0.2, 0.25) is 0 Å². The molecular formula is C9H18ClN3O. The van der Waals surface area contributed by atoms with Crippen molar-refractivity contribution in [1.82, 2.24) is 10.2 Å². The van der Waals surface area contributed by atoms with Crippen molar-refractivity contribution in [2.75, 3.05) is 19.6 Å². The number of nitrogens with two attached hydrogens (primary N) is 1. The van der Waals surface area contributed by atoms with Gasteiger partial charge in [0.15, 0.2) is 0 Å². The minimum absolute atomic E-state index is 0. The van der Waals surface area contributed by atoms with Crippen LogP contribution in [-0.4, -0.2) is 42.5 Å². The zero-order valence-corrected chi connectivity index (χ0v) is 9.05. The van der Waals surface area contributed by atoms with Crippen molar-refractivity contribution in [3.8, 4) is 0 Å². The lowest BCUT2D eigenvalue weighted by Gasteiger charge is -2.19. The maximum absolute atomic E-state index is 11.8. The van der Waals surface area contributed by atoms with Gasteiger partial charge in [0.05, 0.1) is 6.04 Å². The number of carbonyl (C=O) groups excluding carboxylic acids is 1. The molecule has 1 amide bonds. The van der Waals surface area contributed by atoms with E-state index in [0.29, 0.717) is 0 Å². The molecule has 0 radical (unpaired) electrons. The fraction of sp³-hybridized carbons (Fsp3) is 0.889. The maximum Gasteiger partial charge on any atom is 0.239 e. The van der Waals surface area contributed by atoms with Crippen LogP contribution in [0, 0.1) is 0 Å². The highest BCUT2D eigenvalue weighted by atomic mass is 35.5. The number of nitrogens with zero attached hydrogens (tertiary/aromatic N) is 1. The van der Waals surface area contributed by atoms with Crippen molar-refractivity contribution >= 4 is 18.3 Å². The average Bonchev–Trinajstić information content (AvgIpc) is 2.72. The number of carbonyl (C=O) groups is 1. The monoisotopic (exact) mass is 219 g/mol. The van der Waals surface area contributed by atoms with Gasteiger partial charge in [0.25, 0.3) is 0 Å². The van der Waals surface area contributed by atoms with Gasteiger partial charge in [-0.1, -0.05) is 0 Å². The first-order valence-corrected chi connectivity index (χ1v) is 5.05. The first-order chi connectivity index (χ1) is 6.27. The number of hydrogen-bond acceptors (Lipinski definition) is 3. The zero-order valence-electron chi connectivity index (χ0n) is 8.24. The van der Waals surface area contributed by atoms with Gasteiger partial charge in [0.2, 0.25) is 5.91 Å². The Labute approximate surface area is 90.6 Å². The number of amides is 1. The molecule has 0 spiro atoms. The van der Waals surface area contributed by atoms with E-state index in [-0.39, 0.29) is 30.4 Å². The van der Waals surface area contributed by atoms with Crippen LogP contribution in [0.15, 0.2) is 0 Å². The van der Waals surface area contributed by atoms with Crippen LogP contribution in [0.4, 0.5) is 0 Å². The third-order valence-electron chi connectivity index (χ3n) is 2.89. The fourth-order valence-corrected chi connectivity index (χ4v) is 2.10. The van der Waals surface area contributed by atoms with Crippen LogP contribution in [0.25, 0.3) is 0 Å². The molecule has 1 unspecified atom stereocenters. The molecule has 0 bridgehead atoms. The Morgan fingerprint density at radius 3 is 2.71 bits per heavy atom. The van der Waals surface area contributed by atoms with Crippen LogP contribution in [0.1, 0.15) is 19.3 Å². The van der Waals surface area contributed by atoms with Crippen LogP contribution in [0.5, 0.6) is 0 Å². The topological polar surface area (TPSA) is 58.4 Å². The third kappa shape index (κ3) is 2.38. The van der Waals surface area contributed by atoms with Crippen molar-refractivity contribution < 1.29 is 4.79 Å². The predicted molar refractivity (Wildman–Crippen MR) is 57.4 cm³/mol. The third-order valence-corrected chi connectivity index (χ3v) is 2.89. The standard InChI is InChI=1S/C9H17N3O.ClH/c10-7-3-5-12(6-7)9(13)8-2-1-4-11-8;/h7-8,11H,1-6,10H2;1H/t7-,8?;/m1./s1. The molecule has 4 nitrogen and oxygen atoms in total. The Morgan fingerprint density at radius 2 is 2.21 bits per heavy atom. The first kappa shape index (κ1) is 11.8. The average molecular weight is 220 g/mol. The van der Waals surface area contributed by atoms with Gasteiger partial charge in [0.1, 0.15) is 0 Å². The van der Waals surface area contributed by atoms with E-state index in [1.165, 1.54) is 0 Å². The maximum atomic E-state index is 11.8. The van der Waals surface area contributed by atoms with E-state index in [9.17, 15) is 4.79 Å². The summed E-state index contributed by atoms with van der Waals surface area (Å²) < 4.78 is 0. The van der Waals surface area contributed by atoms with E-state index in [1.54, 1.807) is 0 Å². The van der Waals surface area contributed by atoms with Gasteiger partial charge >= 0.3 is 0 Å². The summed E-state index contributed by atoms with van der Waals surface area (Å²) in [6, 6.07) is 0.274. The molecule has 82 valence electrons. The lowest BCUT2D eigenvalue weighted by Crippen LogP contribution is -2.43. The highest BCUT2D eigenvalue weighted by Crippen LogP contribution is 2.13. The van der Waals surface area contributed by atoms with Gasteiger partial charge in [0, 0.05) is 19.1 Å². The van der Waals surface area contributed by atoms with E-state index >= 15 is 0 Å². The van der Waals surface area contributed by atoms with Gasteiger partial charge in [-0.05, 0) is 25.8 Å². The summed E-state index contributed by atoms with van der Waals surface area (Å²) in [5, 5.41) is 3.22. The second-order valence-corrected chi connectivity index (χ2v) is 3.98. The molecule has 2 fully saturated rings. The quantitative estimate of drug-likeness (QED) is 0.638. The van der Waals surface area contributed by atoms with E-state index in [0.717, 1.165) is 38.9 Å². The molecule has 3 N–H and O–H groups in total. The van der Waals surface area contributed by atoms with Gasteiger partial charge in [-0.3, -0.25) is 4.79 Å². The van der Waals surface area contributed by atoms with Gasteiger partial charge < -0.3 is 16.0 Å². The molecule has 0 aromatic rings. The fourth-order valence-electron chi connectivity index (χ4n) is 2.10. The Balaban J connectivity index is 0.000000980. The molecule has 2 aliphatic heterocycles. The highest BCUT2D eigenvalue weighted by Gasteiger charge is 2.30. The molecule has 5 heteroatoms. The van der Waals surface area contributed by atoms with Crippen LogP contribution in [-0.2, 0) is 4.79 Å². The summed E-state index contributed by atoms with van der Waals surface area (Å²) in [7, 11) is 0. The van der Waals surface area contributed by atoms with Crippen molar-refractivity contribution in [3.05, 3.63) is 0 Å². The van der Waals surface area contributed by atoms with E-state index in [4.69, 9.17) is 5.73 Å². The highest BCUT2D eigenvalue weighted by molar-refractivity contribution is 5.85. The summed E-state index contributed by atoms with van der Waals surface area (Å²) in [5.74, 6) is 0.255. The molecule has 2 atom stereocenters. The molecule has 14 heavy (non-hydrogen) atoms. The van der Waals surface area contributed by atoms with Crippen molar-refractivity contribution in [2.24, 2.45) is 5.73 Å². The molecular weight excluding hydrogens is 202 g/mol. The molecule has 2 saturated heterocycles. The van der Waals surface area contributed by atoms with E-state index in [1.807, 2.05) is 4.90 Å². The van der Waals surface area contributed by atoms with E-state index < -0.39 is 0 Å². The van der Waals surface area contributed by atoms with Crippen LogP contribution in [0.3, 0.4) is 0 Å². The normalized spacial score (nSPS) is 31.6. The van der Waals surface area contributed by atoms with Crippen molar-refractivity contribution in [2.45, 2.75) is 31.3 Å².